The van der Waals surface area contributed by atoms with Crippen molar-refractivity contribution in [2.24, 2.45) is 0 Å². The number of nitriles is 1. The van der Waals surface area contributed by atoms with Crippen LogP contribution in [0.1, 0.15) is 5.56 Å². The Labute approximate surface area is 103 Å². The summed E-state index contributed by atoms with van der Waals surface area (Å²) in [6.45, 7) is 0.915. The number of anilines is 1. The van der Waals surface area contributed by atoms with Gasteiger partial charge in [0.2, 0.25) is 5.91 Å². The van der Waals surface area contributed by atoms with Gasteiger partial charge in [0.25, 0.3) is 0 Å². The first-order chi connectivity index (χ1) is 8.23. The summed E-state index contributed by atoms with van der Waals surface area (Å²) in [5, 5.41) is 12.0. The van der Waals surface area contributed by atoms with E-state index in [9.17, 15) is 10.1 Å². The minimum atomic E-state index is -0.489. The summed E-state index contributed by atoms with van der Waals surface area (Å²) in [5.74, 6) is 0.462. The summed E-state index contributed by atoms with van der Waals surface area (Å²) in [7, 11) is 0. The summed E-state index contributed by atoms with van der Waals surface area (Å²) in [6, 6.07) is 8.08. The van der Waals surface area contributed by atoms with E-state index in [4.69, 9.17) is 4.74 Å². The van der Waals surface area contributed by atoms with Gasteiger partial charge in [-0.15, -0.1) is 11.8 Å². The maximum absolute atomic E-state index is 11.2. The number of benzene rings is 1. The summed E-state index contributed by atoms with van der Waals surface area (Å²) in [4.78, 5) is 12.3. The van der Waals surface area contributed by atoms with Crippen LogP contribution < -0.4 is 5.32 Å². The normalized spacial score (nSPS) is 20.8. The minimum absolute atomic E-state index is 0.0252. The van der Waals surface area contributed by atoms with Gasteiger partial charge in [-0.2, -0.15) is 5.26 Å². The Morgan fingerprint density at radius 3 is 2.94 bits per heavy atom. The molecule has 0 spiro atoms. The number of nitrogens with one attached hydrogen (secondary N) is 1. The highest BCUT2D eigenvalue weighted by atomic mass is 32.2. The van der Waals surface area contributed by atoms with Crippen LogP contribution in [0, 0.1) is 11.3 Å². The summed E-state index contributed by atoms with van der Waals surface area (Å²) < 4.78 is 5.15. The van der Waals surface area contributed by atoms with Gasteiger partial charge in [-0.25, -0.2) is 0 Å². The van der Waals surface area contributed by atoms with Gasteiger partial charge in [0.15, 0.2) is 0 Å². The van der Waals surface area contributed by atoms with E-state index in [1.807, 2.05) is 18.2 Å². The van der Waals surface area contributed by atoms with Crippen molar-refractivity contribution in [2.75, 3.05) is 24.3 Å². The smallest absolute Gasteiger partial charge is 0.234 e. The second-order valence-corrected chi connectivity index (χ2v) is 5.25. The molecule has 0 atom stereocenters. The van der Waals surface area contributed by atoms with E-state index >= 15 is 0 Å². The van der Waals surface area contributed by atoms with Crippen LogP contribution in [-0.4, -0.2) is 24.9 Å². The van der Waals surface area contributed by atoms with Crippen molar-refractivity contribution < 1.29 is 9.53 Å². The molecule has 1 N–H and O–H groups in total. The molecule has 2 aliphatic heterocycles. The standard InChI is InChI=1S/C12H10N2O2S/c13-5-12(6-16-7-12)8-1-2-9-10(3-8)17-4-11(15)14-9/h1-3H,4,6-7H2,(H,14,15). The van der Waals surface area contributed by atoms with E-state index in [1.54, 1.807) is 0 Å². The highest BCUT2D eigenvalue weighted by molar-refractivity contribution is 8.00. The van der Waals surface area contributed by atoms with Gasteiger partial charge in [0.1, 0.15) is 5.41 Å². The van der Waals surface area contributed by atoms with E-state index in [0.717, 1.165) is 16.1 Å². The highest BCUT2D eigenvalue weighted by Crippen LogP contribution is 2.38. The number of hydrogen-bond donors (Lipinski definition) is 1. The molecule has 4 nitrogen and oxygen atoms in total. The molecule has 1 aromatic rings. The van der Waals surface area contributed by atoms with Gasteiger partial charge < -0.3 is 10.1 Å². The topological polar surface area (TPSA) is 62.1 Å². The molecule has 0 saturated carbocycles. The van der Waals surface area contributed by atoms with Crippen LogP contribution in [0.15, 0.2) is 23.1 Å². The zero-order valence-electron chi connectivity index (χ0n) is 9.03. The van der Waals surface area contributed by atoms with E-state index in [0.29, 0.717) is 19.0 Å². The Kier molecular flexibility index (Phi) is 2.35. The Morgan fingerprint density at radius 2 is 2.29 bits per heavy atom. The van der Waals surface area contributed by atoms with Crippen molar-refractivity contribution >= 4 is 23.4 Å². The predicted molar refractivity (Wildman–Crippen MR) is 63.9 cm³/mol. The average Bonchev–Trinajstić information content (AvgIpc) is 2.28. The molecule has 3 rings (SSSR count). The average molecular weight is 246 g/mol. The molecule has 1 aromatic carbocycles. The molecule has 2 aliphatic rings. The first kappa shape index (κ1) is 10.6. The summed E-state index contributed by atoms with van der Waals surface area (Å²) in [6.07, 6.45) is 0. The molecular weight excluding hydrogens is 236 g/mol. The van der Waals surface area contributed by atoms with Crippen LogP contribution in [0.5, 0.6) is 0 Å². The fourth-order valence-corrected chi connectivity index (χ4v) is 2.82. The quantitative estimate of drug-likeness (QED) is 0.816. The number of carbonyl (C=O) groups excluding carboxylic acids is 1. The SMILES string of the molecule is N#CC1(c2ccc3c(c2)SCC(=O)N3)COC1. The second-order valence-electron chi connectivity index (χ2n) is 4.23. The van der Waals surface area contributed by atoms with Gasteiger partial charge in [0.05, 0.1) is 30.7 Å². The first-order valence-corrected chi connectivity index (χ1v) is 6.28. The third-order valence-electron chi connectivity index (χ3n) is 3.08. The molecule has 0 aromatic heterocycles. The van der Waals surface area contributed by atoms with Crippen molar-refractivity contribution in [1.82, 2.24) is 0 Å². The van der Waals surface area contributed by atoms with Crippen molar-refractivity contribution in [3.63, 3.8) is 0 Å². The van der Waals surface area contributed by atoms with Crippen molar-refractivity contribution in [2.45, 2.75) is 10.3 Å². The lowest BCUT2D eigenvalue weighted by Crippen LogP contribution is -2.45. The number of rotatable bonds is 1. The van der Waals surface area contributed by atoms with Crippen LogP contribution >= 0.6 is 11.8 Å². The maximum atomic E-state index is 11.2. The van der Waals surface area contributed by atoms with Gasteiger partial charge in [-0.1, -0.05) is 6.07 Å². The molecule has 0 aliphatic carbocycles. The fraction of sp³-hybridized carbons (Fsp3) is 0.333. The molecule has 86 valence electrons. The molecule has 1 amide bonds. The summed E-state index contributed by atoms with van der Waals surface area (Å²) >= 11 is 1.51. The number of nitrogens with zero attached hydrogens (tertiary/aromatic N) is 1. The third-order valence-corrected chi connectivity index (χ3v) is 4.13. The Balaban J connectivity index is 1.99. The fourth-order valence-electron chi connectivity index (χ4n) is 1.97. The maximum Gasteiger partial charge on any atom is 0.234 e. The first-order valence-electron chi connectivity index (χ1n) is 5.30. The molecule has 0 unspecified atom stereocenters. The molecule has 1 saturated heterocycles. The molecule has 5 heteroatoms. The van der Waals surface area contributed by atoms with Gasteiger partial charge in [-0.05, 0) is 17.7 Å². The van der Waals surface area contributed by atoms with Crippen LogP contribution in [-0.2, 0) is 14.9 Å². The number of fused-ring (bicyclic) bond motifs is 1. The molecule has 17 heavy (non-hydrogen) atoms. The molecule has 0 bridgehead atoms. The number of amides is 1. The summed E-state index contributed by atoms with van der Waals surface area (Å²) in [5.41, 5.74) is 1.33. The van der Waals surface area contributed by atoms with E-state index in [2.05, 4.69) is 11.4 Å². The zero-order chi connectivity index (χ0) is 11.9. The lowest BCUT2D eigenvalue weighted by atomic mass is 9.80. The number of hydrogen-bond acceptors (Lipinski definition) is 4. The van der Waals surface area contributed by atoms with Crippen LogP contribution in [0.2, 0.25) is 0 Å². The number of thioether (sulfide) groups is 1. The lowest BCUT2D eigenvalue weighted by Gasteiger charge is -2.36. The zero-order valence-corrected chi connectivity index (χ0v) is 9.84. The number of ether oxygens (including phenoxy) is 1. The van der Waals surface area contributed by atoms with E-state index in [-0.39, 0.29) is 5.91 Å². The van der Waals surface area contributed by atoms with Gasteiger partial charge in [-0.3, -0.25) is 4.79 Å². The van der Waals surface area contributed by atoms with Crippen LogP contribution in [0.3, 0.4) is 0 Å². The Hall–Kier alpha value is -1.51. The van der Waals surface area contributed by atoms with Crippen molar-refractivity contribution in [1.29, 1.82) is 5.26 Å². The largest absolute Gasteiger partial charge is 0.377 e. The molecule has 1 fully saturated rings. The molecule has 2 heterocycles. The third kappa shape index (κ3) is 1.61. The van der Waals surface area contributed by atoms with Crippen LogP contribution in [0.4, 0.5) is 5.69 Å². The highest BCUT2D eigenvalue weighted by Gasteiger charge is 2.41. The van der Waals surface area contributed by atoms with Crippen molar-refractivity contribution in [3.05, 3.63) is 23.8 Å². The van der Waals surface area contributed by atoms with Gasteiger partial charge in [0, 0.05) is 4.90 Å². The van der Waals surface area contributed by atoms with Crippen LogP contribution in [0.25, 0.3) is 0 Å². The Morgan fingerprint density at radius 1 is 1.47 bits per heavy atom. The van der Waals surface area contributed by atoms with E-state index in [1.165, 1.54) is 11.8 Å². The minimum Gasteiger partial charge on any atom is -0.377 e. The Bertz CT molecular complexity index is 532. The van der Waals surface area contributed by atoms with Crippen molar-refractivity contribution in [3.8, 4) is 6.07 Å². The lowest BCUT2D eigenvalue weighted by molar-refractivity contribution is -0.113. The monoisotopic (exact) mass is 246 g/mol. The molecule has 0 radical (unpaired) electrons. The second kappa shape index (κ2) is 3.76. The predicted octanol–water partition coefficient (Wildman–Crippen LogP) is 1.52. The molecular formula is C12H10N2O2S. The van der Waals surface area contributed by atoms with Gasteiger partial charge >= 0.3 is 0 Å². The van der Waals surface area contributed by atoms with E-state index < -0.39 is 5.41 Å². The number of carbonyl (C=O) groups is 1.